The monoisotopic (exact) mass is 141 g/mol. The topological polar surface area (TPSA) is 32.3 Å². The summed E-state index contributed by atoms with van der Waals surface area (Å²) in [6.45, 7) is 6.02. The van der Waals surface area contributed by atoms with E-state index in [1.807, 2.05) is 0 Å². The highest BCUT2D eigenvalue weighted by Gasteiger charge is 2.63. The van der Waals surface area contributed by atoms with Crippen LogP contribution in [0.4, 0.5) is 0 Å². The van der Waals surface area contributed by atoms with Crippen molar-refractivity contribution >= 4 is 0 Å². The van der Waals surface area contributed by atoms with Crippen molar-refractivity contribution in [2.75, 3.05) is 13.2 Å². The second-order valence-corrected chi connectivity index (χ2v) is 4.15. The molecule has 1 saturated carbocycles. The summed E-state index contributed by atoms with van der Waals surface area (Å²) in [5.41, 5.74) is 0.513. The molecular formula is C8H15NO. The average Bonchev–Trinajstić information content (AvgIpc) is 2.28. The van der Waals surface area contributed by atoms with Crippen LogP contribution in [0.2, 0.25) is 0 Å². The van der Waals surface area contributed by atoms with E-state index in [4.69, 9.17) is 5.11 Å². The minimum atomic E-state index is 0.310. The van der Waals surface area contributed by atoms with Crippen molar-refractivity contribution in [3.8, 4) is 0 Å². The molecule has 0 amide bonds. The molecule has 0 aromatic heterocycles. The van der Waals surface area contributed by atoms with E-state index in [0.29, 0.717) is 18.1 Å². The third-order valence-corrected chi connectivity index (χ3v) is 3.37. The molecule has 3 atom stereocenters. The molecule has 1 aliphatic carbocycles. The zero-order chi connectivity index (χ0) is 7.35. The fraction of sp³-hybridized carbons (Fsp3) is 1.00. The largest absolute Gasteiger partial charge is 0.395 e. The smallest absolute Gasteiger partial charge is 0.0587 e. The molecule has 1 heterocycles. The van der Waals surface area contributed by atoms with Gasteiger partial charge in [0.05, 0.1) is 6.61 Å². The molecule has 1 aliphatic heterocycles. The second-order valence-electron chi connectivity index (χ2n) is 4.15. The van der Waals surface area contributed by atoms with E-state index in [9.17, 15) is 0 Å². The molecule has 2 aliphatic rings. The molecule has 1 saturated heterocycles. The van der Waals surface area contributed by atoms with Crippen molar-refractivity contribution in [1.82, 2.24) is 5.32 Å². The Morgan fingerprint density at radius 3 is 2.60 bits per heavy atom. The van der Waals surface area contributed by atoms with Crippen LogP contribution in [0.25, 0.3) is 0 Å². The number of rotatable bonds is 1. The zero-order valence-corrected chi connectivity index (χ0v) is 6.59. The molecule has 2 nitrogen and oxygen atoms in total. The highest BCUT2D eigenvalue weighted by molar-refractivity contribution is 5.14. The van der Waals surface area contributed by atoms with E-state index in [2.05, 4.69) is 19.2 Å². The number of fused-ring (bicyclic) bond motifs is 1. The van der Waals surface area contributed by atoms with Gasteiger partial charge in [0.25, 0.3) is 0 Å². The summed E-state index contributed by atoms with van der Waals surface area (Å²) in [6, 6.07) is 0.389. The van der Waals surface area contributed by atoms with Gasteiger partial charge in [-0.3, -0.25) is 0 Å². The number of aliphatic hydroxyl groups excluding tert-OH is 1. The Bertz CT molecular complexity index is 155. The molecule has 0 aromatic rings. The third-order valence-electron chi connectivity index (χ3n) is 3.37. The summed E-state index contributed by atoms with van der Waals surface area (Å²) in [4.78, 5) is 0. The Morgan fingerprint density at radius 2 is 2.30 bits per heavy atom. The van der Waals surface area contributed by atoms with Gasteiger partial charge < -0.3 is 10.4 Å². The Balaban J connectivity index is 2.07. The third kappa shape index (κ3) is 0.611. The quantitative estimate of drug-likeness (QED) is 0.547. The van der Waals surface area contributed by atoms with Gasteiger partial charge in [-0.15, -0.1) is 0 Å². The molecule has 10 heavy (non-hydrogen) atoms. The molecule has 2 rings (SSSR count). The van der Waals surface area contributed by atoms with E-state index < -0.39 is 0 Å². The lowest BCUT2D eigenvalue weighted by atomic mass is 10.0. The van der Waals surface area contributed by atoms with Gasteiger partial charge in [-0.1, -0.05) is 13.8 Å². The first-order valence-electron chi connectivity index (χ1n) is 4.02. The first-order chi connectivity index (χ1) is 4.68. The van der Waals surface area contributed by atoms with Crippen molar-refractivity contribution in [2.45, 2.75) is 19.9 Å². The maximum Gasteiger partial charge on any atom is 0.0587 e. The number of piperidine rings is 1. The molecule has 58 valence electrons. The lowest BCUT2D eigenvalue weighted by molar-refractivity contribution is 0.226. The molecule has 2 heteroatoms. The predicted octanol–water partition coefficient (Wildman–Crippen LogP) is 0.223. The van der Waals surface area contributed by atoms with Crippen LogP contribution in [0.15, 0.2) is 0 Å². The Hall–Kier alpha value is -0.0800. The van der Waals surface area contributed by atoms with Crippen LogP contribution in [0, 0.1) is 17.3 Å². The van der Waals surface area contributed by atoms with Gasteiger partial charge in [-0.25, -0.2) is 0 Å². The van der Waals surface area contributed by atoms with Crippen molar-refractivity contribution < 1.29 is 5.11 Å². The lowest BCUT2D eigenvalue weighted by Crippen LogP contribution is -2.33. The van der Waals surface area contributed by atoms with Gasteiger partial charge in [0.1, 0.15) is 0 Å². The van der Waals surface area contributed by atoms with Crippen molar-refractivity contribution in [3.05, 3.63) is 0 Å². The van der Waals surface area contributed by atoms with Crippen molar-refractivity contribution in [2.24, 2.45) is 17.3 Å². The normalized spacial score (nSPS) is 48.9. The molecule has 2 fully saturated rings. The number of hydrogen-bond acceptors (Lipinski definition) is 2. The fourth-order valence-electron chi connectivity index (χ4n) is 2.56. The minimum absolute atomic E-state index is 0.310. The summed E-state index contributed by atoms with van der Waals surface area (Å²) in [7, 11) is 0. The van der Waals surface area contributed by atoms with Gasteiger partial charge in [-0.05, 0) is 23.8 Å². The summed E-state index contributed by atoms with van der Waals surface area (Å²) < 4.78 is 0. The van der Waals surface area contributed by atoms with Gasteiger partial charge in [0, 0.05) is 6.04 Å². The van der Waals surface area contributed by atoms with Gasteiger partial charge in [0.2, 0.25) is 0 Å². The van der Waals surface area contributed by atoms with Crippen LogP contribution < -0.4 is 5.32 Å². The first kappa shape index (κ1) is 6.62. The minimum Gasteiger partial charge on any atom is -0.395 e. The lowest BCUT2D eigenvalue weighted by Gasteiger charge is -2.15. The average molecular weight is 141 g/mol. The second kappa shape index (κ2) is 1.74. The number of hydrogen-bond donors (Lipinski definition) is 2. The number of aliphatic hydroxyl groups is 1. The highest BCUT2D eigenvalue weighted by atomic mass is 16.3. The van der Waals surface area contributed by atoms with Crippen molar-refractivity contribution in [3.63, 3.8) is 0 Å². The molecule has 0 spiro atoms. The molecular weight excluding hydrogens is 126 g/mol. The van der Waals surface area contributed by atoms with Crippen LogP contribution in [-0.4, -0.2) is 24.3 Å². The predicted molar refractivity (Wildman–Crippen MR) is 39.6 cm³/mol. The summed E-state index contributed by atoms with van der Waals surface area (Å²) in [5.74, 6) is 1.59. The highest BCUT2D eigenvalue weighted by Crippen LogP contribution is 2.62. The molecule has 0 unspecified atom stereocenters. The Morgan fingerprint density at radius 1 is 1.60 bits per heavy atom. The van der Waals surface area contributed by atoms with Gasteiger partial charge in [-0.2, -0.15) is 0 Å². The Labute approximate surface area is 61.6 Å². The standard InChI is InChI=1S/C8H15NO/c1-8(2)5-3-9-6(4-10)7(5)8/h5-7,9-10H,3-4H2,1-2H3/t5-,6-,7-/m0/s1. The van der Waals surface area contributed by atoms with Crippen LogP contribution in [0.3, 0.4) is 0 Å². The van der Waals surface area contributed by atoms with Crippen LogP contribution in [0.1, 0.15) is 13.8 Å². The molecule has 2 N–H and O–H groups in total. The molecule has 0 bridgehead atoms. The Kier molecular flexibility index (Phi) is 1.15. The maximum absolute atomic E-state index is 8.93. The van der Waals surface area contributed by atoms with E-state index >= 15 is 0 Å². The van der Waals surface area contributed by atoms with Crippen molar-refractivity contribution in [1.29, 1.82) is 0 Å². The molecule has 0 aromatic carbocycles. The van der Waals surface area contributed by atoms with Crippen LogP contribution in [-0.2, 0) is 0 Å². The van der Waals surface area contributed by atoms with E-state index in [-0.39, 0.29) is 0 Å². The van der Waals surface area contributed by atoms with E-state index in [0.717, 1.165) is 18.4 Å². The fourth-order valence-corrected chi connectivity index (χ4v) is 2.56. The zero-order valence-electron chi connectivity index (χ0n) is 6.59. The van der Waals surface area contributed by atoms with Gasteiger partial charge in [0.15, 0.2) is 0 Å². The van der Waals surface area contributed by atoms with Gasteiger partial charge >= 0.3 is 0 Å². The van der Waals surface area contributed by atoms with Crippen LogP contribution >= 0.6 is 0 Å². The summed E-state index contributed by atoms with van der Waals surface area (Å²) in [6.07, 6.45) is 0. The number of nitrogens with one attached hydrogen (secondary N) is 1. The van der Waals surface area contributed by atoms with E-state index in [1.165, 1.54) is 0 Å². The summed E-state index contributed by atoms with van der Waals surface area (Å²) in [5, 5.41) is 12.2. The maximum atomic E-state index is 8.93. The summed E-state index contributed by atoms with van der Waals surface area (Å²) >= 11 is 0. The SMILES string of the molecule is CC1(C)[C@@H]2[C@H](CO)NC[C@@H]21. The first-order valence-corrected chi connectivity index (χ1v) is 4.02. The van der Waals surface area contributed by atoms with E-state index in [1.54, 1.807) is 0 Å². The molecule has 0 radical (unpaired) electrons. The van der Waals surface area contributed by atoms with Crippen LogP contribution in [0.5, 0.6) is 0 Å².